The Balaban J connectivity index is 2.02. The van der Waals surface area contributed by atoms with E-state index in [9.17, 15) is 4.79 Å². The van der Waals surface area contributed by atoms with Crippen LogP contribution in [0.5, 0.6) is 11.6 Å². The van der Waals surface area contributed by atoms with Crippen LogP contribution in [0.1, 0.15) is 32.8 Å². The van der Waals surface area contributed by atoms with Crippen LogP contribution in [0.25, 0.3) is 0 Å². The van der Waals surface area contributed by atoms with E-state index >= 15 is 0 Å². The Bertz CT molecular complexity index is 583. The molecule has 2 heterocycles. The Labute approximate surface area is 136 Å². The number of aryl methyl sites for hydroxylation is 1. The molecule has 1 aromatic rings. The molecule has 7 nitrogen and oxygen atoms in total. The van der Waals surface area contributed by atoms with E-state index < -0.39 is 5.60 Å². The van der Waals surface area contributed by atoms with Gasteiger partial charge in [-0.2, -0.15) is 4.98 Å². The molecule has 1 fully saturated rings. The Kier molecular flexibility index (Phi) is 4.87. The van der Waals surface area contributed by atoms with Gasteiger partial charge in [0.05, 0.1) is 13.7 Å². The van der Waals surface area contributed by atoms with Crippen molar-refractivity contribution in [3.63, 3.8) is 0 Å². The number of anilines is 1. The Morgan fingerprint density at radius 2 is 2.13 bits per heavy atom. The van der Waals surface area contributed by atoms with Crippen LogP contribution in [0.4, 0.5) is 10.6 Å². The fraction of sp³-hybridized carbons (Fsp3) is 0.625. The van der Waals surface area contributed by atoms with Gasteiger partial charge in [-0.05, 0) is 33.8 Å². The first kappa shape index (κ1) is 17.2. The number of carbonyl (C=O) groups is 1. The number of aromatic nitrogens is 1. The SMILES string of the molecule is COc1c(C)cc(N)nc1O[C@H]1CCN(C(=O)OC(C)(C)C)C1. The number of hydrogen-bond donors (Lipinski definition) is 1. The Morgan fingerprint density at radius 3 is 2.74 bits per heavy atom. The van der Waals surface area contributed by atoms with E-state index in [1.165, 1.54) is 0 Å². The second-order valence-electron chi connectivity index (χ2n) is 6.66. The summed E-state index contributed by atoms with van der Waals surface area (Å²) in [5.74, 6) is 1.30. The van der Waals surface area contributed by atoms with Gasteiger partial charge in [0.1, 0.15) is 17.5 Å². The van der Waals surface area contributed by atoms with Gasteiger partial charge in [0.2, 0.25) is 0 Å². The van der Waals surface area contributed by atoms with Crippen molar-refractivity contribution < 1.29 is 19.0 Å². The summed E-state index contributed by atoms with van der Waals surface area (Å²) in [6, 6.07) is 1.73. The number of nitrogen functional groups attached to an aromatic ring is 1. The lowest BCUT2D eigenvalue weighted by molar-refractivity contribution is 0.0274. The van der Waals surface area contributed by atoms with Crippen molar-refractivity contribution in [1.82, 2.24) is 9.88 Å². The molecule has 1 aliphatic rings. The highest BCUT2D eigenvalue weighted by atomic mass is 16.6. The number of carbonyl (C=O) groups excluding carboxylic acids is 1. The first-order valence-electron chi connectivity index (χ1n) is 7.65. The minimum absolute atomic E-state index is 0.162. The molecule has 128 valence electrons. The van der Waals surface area contributed by atoms with Crippen LogP contribution >= 0.6 is 0 Å². The van der Waals surface area contributed by atoms with Gasteiger partial charge >= 0.3 is 6.09 Å². The number of nitrogens with zero attached hydrogens (tertiary/aromatic N) is 2. The van der Waals surface area contributed by atoms with E-state index in [4.69, 9.17) is 19.9 Å². The largest absolute Gasteiger partial charge is 0.491 e. The summed E-state index contributed by atoms with van der Waals surface area (Å²) >= 11 is 0. The molecule has 0 aromatic carbocycles. The third-order valence-corrected chi connectivity index (χ3v) is 3.43. The fourth-order valence-corrected chi connectivity index (χ4v) is 2.46. The van der Waals surface area contributed by atoms with Gasteiger partial charge in [-0.3, -0.25) is 0 Å². The van der Waals surface area contributed by atoms with E-state index in [0.717, 1.165) is 5.56 Å². The van der Waals surface area contributed by atoms with E-state index in [1.54, 1.807) is 18.1 Å². The summed E-state index contributed by atoms with van der Waals surface area (Å²) < 4.78 is 16.6. The molecule has 0 bridgehead atoms. The predicted octanol–water partition coefficient (Wildman–Crippen LogP) is 2.37. The van der Waals surface area contributed by atoms with Crippen molar-refractivity contribution in [2.45, 2.75) is 45.8 Å². The number of nitrogens with two attached hydrogens (primary N) is 1. The van der Waals surface area contributed by atoms with Crippen LogP contribution in [-0.2, 0) is 4.74 Å². The highest BCUT2D eigenvalue weighted by Crippen LogP contribution is 2.32. The molecular formula is C16H25N3O4. The molecule has 23 heavy (non-hydrogen) atoms. The fourth-order valence-electron chi connectivity index (χ4n) is 2.46. The molecule has 0 unspecified atom stereocenters. The Morgan fingerprint density at radius 1 is 1.43 bits per heavy atom. The van der Waals surface area contributed by atoms with Crippen LogP contribution in [-0.4, -0.2) is 47.9 Å². The zero-order valence-corrected chi connectivity index (χ0v) is 14.4. The molecule has 0 aliphatic carbocycles. The molecule has 1 atom stereocenters. The maximum atomic E-state index is 12.1. The minimum atomic E-state index is -0.508. The molecule has 2 N–H and O–H groups in total. The molecular weight excluding hydrogens is 298 g/mol. The number of amides is 1. The van der Waals surface area contributed by atoms with Gasteiger partial charge in [-0.1, -0.05) is 0 Å². The van der Waals surface area contributed by atoms with Crippen molar-refractivity contribution >= 4 is 11.9 Å². The second-order valence-corrected chi connectivity index (χ2v) is 6.66. The van der Waals surface area contributed by atoms with Crippen molar-refractivity contribution in [3.05, 3.63) is 11.6 Å². The topological polar surface area (TPSA) is 86.9 Å². The van der Waals surface area contributed by atoms with Gasteiger partial charge in [-0.15, -0.1) is 0 Å². The summed E-state index contributed by atoms with van der Waals surface area (Å²) in [5.41, 5.74) is 6.12. The first-order chi connectivity index (χ1) is 10.7. The first-order valence-corrected chi connectivity index (χ1v) is 7.65. The lowest BCUT2D eigenvalue weighted by Crippen LogP contribution is -2.36. The summed E-state index contributed by atoms with van der Waals surface area (Å²) in [6.45, 7) is 8.46. The third kappa shape index (κ3) is 4.40. The minimum Gasteiger partial charge on any atom is -0.491 e. The monoisotopic (exact) mass is 323 g/mol. The van der Waals surface area contributed by atoms with Gasteiger partial charge in [0.15, 0.2) is 5.75 Å². The number of hydrogen-bond acceptors (Lipinski definition) is 6. The number of likely N-dealkylation sites (tertiary alicyclic amines) is 1. The average molecular weight is 323 g/mol. The average Bonchev–Trinajstić information content (AvgIpc) is 2.85. The highest BCUT2D eigenvalue weighted by molar-refractivity contribution is 5.68. The number of ether oxygens (including phenoxy) is 3. The van der Waals surface area contributed by atoms with Crippen molar-refractivity contribution in [2.24, 2.45) is 0 Å². The van der Waals surface area contributed by atoms with Gasteiger partial charge in [-0.25, -0.2) is 4.79 Å². The summed E-state index contributed by atoms with van der Waals surface area (Å²) in [7, 11) is 1.56. The summed E-state index contributed by atoms with van der Waals surface area (Å²) in [6.07, 6.45) is 0.218. The summed E-state index contributed by atoms with van der Waals surface area (Å²) in [4.78, 5) is 17.9. The van der Waals surface area contributed by atoms with Gasteiger partial charge in [0, 0.05) is 18.5 Å². The smallest absolute Gasteiger partial charge is 0.410 e. The molecule has 1 aliphatic heterocycles. The standard InChI is InChI=1S/C16H25N3O4/c1-10-8-12(17)18-14(13(10)21-5)22-11-6-7-19(9-11)15(20)23-16(2,3)4/h8,11H,6-7,9H2,1-5H3,(H2,17,18)/t11-/m0/s1. The normalized spacial score (nSPS) is 18.0. The van der Waals surface area contributed by atoms with E-state index in [2.05, 4.69) is 4.98 Å². The molecule has 1 aromatic heterocycles. The molecule has 0 spiro atoms. The molecule has 7 heteroatoms. The predicted molar refractivity (Wildman–Crippen MR) is 86.8 cm³/mol. The van der Waals surface area contributed by atoms with Crippen LogP contribution in [0.3, 0.4) is 0 Å². The summed E-state index contributed by atoms with van der Waals surface area (Å²) in [5, 5.41) is 0. The van der Waals surface area contributed by atoms with Crippen LogP contribution in [0, 0.1) is 6.92 Å². The lowest BCUT2D eigenvalue weighted by Gasteiger charge is -2.24. The molecule has 2 rings (SSSR count). The zero-order chi connectivity index (χ0) is 17.2. The molecule has 1 saturated heterocycles. The lowest BCUT2D eigenvalue weighted by atomic mass is 10.2. The van der Waals surface area contributed by atoms with Crippen LogP contribution < -0.4 is 15.2 Å². The number of rotatable bonds is 3. The van der Waals surface area contributed by atoms with E-state index in [0.29, 0.717) is 37.0 Å². The maximum absolute atomic E-state index is 12.1. The molecule has 1 amide bonds. The second kappa shape index (κ2) is 6.52. The third-order valence-electron chi connectivity index (χ3n) is 3.43. The number of methoxy groups -OCH3 is 1. The Hall–Kier alpha value is -2.18. The molecule has 0 saturated carbocycles. The highest BCUT2D eigenvalue weighted by Gasteiger charge is 2.31. The van der Waals surface area contributed by atoms with E-state index in [-0.39, 0.29) is 12.2 Å². The van der Waals surface area contributed by atoms with Gasteiger partial charge < -0.3 is 24.8 Å². The van der Waals surface area contributed by atoms with E-state index in [1.807, 2.05) is 27.7 Å². The molecule has 0 radical (unpaired) electrons. The van der Waals surface area contributed by atoms with Gasteiger partial charge in [0.25, 0.3) is 5.88 Å². The van der Waals surface area contributed by atoms with Crippen LogP contribution in [0.15, 0.2) is 6.07 Å². The zero-order valence-electron chi connectivity index (χ0n) is 14.4. The van der Waals surface area contributed by atoms with Crippen molar-refractivity contribution in [2.75, 3.05) is 25.9 Å². The van der Waals surface area contributed by atoms with Crippen molar-refractivity contribution in [1.29, 1.82) is 0 Å². The van der Waals surface area contributed by atoms with Crippen molar-refractivity contribution in [3.8, 4) is 11.6 Å². The van der Waals surface area contributed by atoms with Crippen LogP contribution in [0.2, 0.25) is 0 Å². The maximum Gasteiger partial charge on any atom is 0.410 e. The quantitative estimate of drug-likeness (QED) is 0.919. The number of pyridine rings is 1.